The molecule has 1 unspecified atom stereocenters. The van der Waals surface area contributed by atoms with Crippen molar-refractivity contribution in [1.82, 2.24) is 0 Å². The van der Waals surface area contributed by atoms with Gasteiger partial charge in [0.05, 0.1) is 5.03 Å². The topological polar surface area (TPSA) is 17.1 Å². The summed E-state index contributed by atoms with van der Waals surface area (Å²) in [6.45, 7) is 0. The summed E-state index contributed by atoms with van der Waals surface area (Å²) in [5, 5.41) is 0.700. The lowest BCUT2D eigenvalue weighted by atomic mass is 9.87. The van der Waals surface area contributed by atoms with Crippen LogP contribution in [-0.2, 0) is 4.79 Å². The molecule has 1 aromatic carbocycles. The first kappa shape index (κ1) is 10.7. The maximum atomic E-state index is 11.5. The van der Waals surface area contributed by atoms with E-state index in [2.05, 4.69) is 0 Å². The van der Waals surface area contributed by atoms with E-state index in [1.165, 1.54) is 0 Å². The van der Waals surface area contributed by atoms with Gasteiger partial charge in [-0.1, -0.05) is 53.5 Å². The summed E-state index contributed by atoms with van der Waals surface area (Å²) in [5.74, 6) is 0.121. The van der Waals surface area contributed by atoms with Crippen molar-refractivity contribution in [3.05, 3.63) is 46.0 Å². The molecule has 0 aromatic heterocycles. The van der Waals surface area contributed by atoms with Gasteiger partial charge in [0.1, 0.15) is 0 Å². The van der Waals surface area contributed by atoms with E-state index in [4.69, 9.17) is 23.2 Å². The normalized spacial score (nSPS) is 22.0. The molecule has 1 aromatic rings. The van der Waals surface area contributed by atoms with Gasteiger partial charge in [-0.2, -0.15) is 0 Å². The molecule has 3 heteroatoms. The Hall–Kier alpha value is -0.790. The quantitative estimate of drug-likeness (QED) is 0.730. The third-order valence-corrected chi connectivity index (χ3v) is 3.49. The van der Waals surface area contributed by atoms with E-state index >= 15 is 0 Å². The molecule has 1 nitrogen and oxygen atoms in total. The van der Waals surface area contributed by atoms with Gasteiger partial charge in [0.2, 0.25) is 0 Å². The van der Waals surface area contributed by atoms with Crippen molar-refractivity contribution in [2.45, 2.75) is 18.8 Å². The van der Waals surface area contributed by atoms with Crippen LogP contribution in [0.3, 0.4) is 0 Å². The maximum absolute atomic E-state index is 11.5. The number of rotatable bonds is 1. The highest BCUT2D eigenvalue weighted by Crippen LogP contribution is 2.37. The van der Waals surface area contributed by atoms with Crippen molar-refractivity contribution in [3.63, 3.8) is 0 Å². The third kappa shape index (κ3) is 2.24. The van der Waals surface area contributed by atoms with Crippen molar-refractivity contribution in [1.29, 1.82) is 0 Å². The van der Waals surface area contributed by atoms with Crippen LogP contribution in [0.2, 0.25) is 0 Å². The summed E-state index contributed by atoms with van der Waals surface area (Å²) in [4.78, 5) is 11.5. The first-order chi connectivity index (χ1) is 7.18. The van der Waals surface area contributed by atoms with E-state index in [0.29, 0.717) is 17.9 Å². The zero-order chi connectivity index (χ0) is 10.8. The molecule has 0 fully saturated rings. The number of ketones is 1. The molecular weight excluding hydrogens is 231 g/mol. The molecule has 1 aliphatic rings. The standard InChI is InChI=1S/C12H10Cl2O/c13-10-6-9(7-11(15)12(10)14)8-4-2-1-3-5-8/h1-5,9H,6-7H2. The third-order valence-electron chi connectivity index (χ3n) is 2.61. The van der Waals surface area contributed by atoms with Crippen LogP contribution in [0.25, 0.3) is 0 Å². The Morgan fingerprint density at radius 3 is 2.33 bits per heavy atom. The predicted molar refractivity (Wildman–Crippen MR) is 62.2 cm³/mol. The molecule has 0 N–H and O–H groups in total. The van der Waals surface area contributed by atoms with Gasteiger partial charge in [0.15, 0.2) is 5.78 Å². The molecule has 0 saturated heterocycles. The van der Waals surface area contributed by atoms with Crippen LogP contribution in [0.1, 0.15) is 24.3 Å². The summed E-state index contributed by atoms with van der Waals surface area (Å²) in [6, 6.07) is 9.92. The number of carbonyl (C=O) groups excluding carboxylic acids is 1. The van der Waals surface area contributed by atoms with Gasteiger partial charge in [-0.15, -0.1) is 0 Å². The van der Waals surface area contributed by atoms with E-state index in [0.717, 1.165) is 5.56 Å². The Balaban J connectivity index is 2.26. The number of allylic oxidation sites excluding steroid dienone is 2. The van der Waals surface area contributed by atoms with Crippen LogP contribution >= 0.6 is 23.2 Å². The summed E-state index contributed by atoms with van der Waals surface area (Å²) < 4.78 is 0. The van der Waals surface area contributed by atoms with Crippen LogP contribution in [0.4, 0.5) is 0 Å². The molecule has 1 atom stereocenters. The Morgan fingerprint density at radius 2 is 1.73 bits per heavy atom. The highest BCUT2D eigenvalue weighted by atomic mass is 35.5. The fraction of sp³-hybridized carbons (Fsp3) is 0.250. The number of hydrogen-bond donors (Lipinski definition) is 0. The van der Waals surface area contributed by atoms with Gasteiger partial charge in [-0.25, -0.2) is 0 Å². The summed E-state index contributed by atoms with van der Waals surface area (Å²) >= 11 is 11.7. The molecule has 0 saturated carbocycles. The molecule has 0 aliphatic heterocycles. The average Bonchev–Trinajstić information content (AvgIpc) is 2.26. The van der Waals surface area contributed by atoms with Crippen LogP contribution < -0.4 is 0 Å². The molecule has 0 radical (unpaired) electrons. The molecule has 15 heavy (non-hydrogen) atoms. The van der Waals surface area contributed by atoms with Crippen LogP contribution in [0, 0.1) is 0 Å². The zero-order valence-corrected chi connectivity index (χ0v) is 9.55. The van der Waals surface area contributed by atoms with Crippen LogP contribution in [0.15, 0.2) is 40.4 Å². The van der Waals surface area contributed by atoms with Gasteiger partial charge >= 0.3 is 0 Å². The minimum Gasteiger partial charge on any atom is -0.293 e. The highest BCUT2D eigenvalue weighted by molar-refractivity contribution is 6.48. The SMILES string of the molecule is O=C1CC(c2ccccc2)CC(Cl)=C1Cl. The summed E-state index contributed by atoms with van der Waals surface area (Å²) in [7, 11) is 0. The second-order valence-electron chi connectivity index (χ2n) is 3.66. The fourth-order valence-corrected chi connectivity index (χ4v) is 2.25. The minimum absolute atomic E-state index is 0.0539. The first-order valence-corrected chi connectivity index (χ1v) is 5.56. The molecular formula is C12H10Cl2O. The van der Waals surface area contributed by atoms with Crippen LogP contribution in [0.5, 0.6) is 0 Å². The van der Waals surface area contributed by atoms with Crippen molar-refractivity contribution >= 4 is 29.0 Å². The number of benzene rings is 1. The van der Waals surface area contributed by atoms with Crippen molar-refractivity contribution in [3.8, 4) is 0 Å². The molecule has 2 rings (SSSR count). The molecule has 0 heterocycles. The number of carbonyl (C=O) groups is 1. The monoisotopic (exact) mass is 240 g/mol. The van der Waals surface area contributed by atoms with Gasteiger partial charge in [-0.05, 0) is 17.9 Å². The predicted octanol–water partition coefficient (Wildman–Crippen LogP) is 3.82. The van der Waals surface area contributed by atoms with Gasteiger partial charge in [-0.3, -0.25) is 4.79 Å². The van der Waals surface area contributed by atoms with Crippen molar-refractivity contribution < 1.29 is 4.79 Å². The average molecular weight is 241 g/mol. The lowest BCUT2D eigenvalue weighted by Gasteiger charge is -2.21. The molecule has 0 amide bonds. The van der Waals surface area contributed by atoms with E-state index in [1.807, 2.05) is 30.3 Å². The Kier molecular flexibility index (Phi) is 3.13. The lowest BCUT2D eigenvalue weighted by molar-refractivity contribution is -0.115. The summed E-state index contributed by atoms with van der Waals surface area (Å²) in [6.07, 6.45) is 1.12. The number of Topliss-reactive ketones (excluding diaryl/α,β-unsaturated/α-hetero) is 1. The number of hydrogen-bond acceptors (Lipinski definition) is 1. The minimum atomic E-state index is -0.0539. The molecule has 1 aliphatic carbocycles. The lowest BCUT2D eigenvalue weighted by Crippen LogP contribution is -2.14. The van der Waals surface area contributed by atoms with Crippen molar-refractivity contribution in [2.75, 3.05) is 0 Å². The highest BCUT2D eigenvalue weighted by Gasteiger charge is 2.26. The Labute approximate surface area is 98.7 Å². The first-order valence-electron chi connectivity index (χ1n) is 4.81. The van der Waals surface area contributed by atoms with E-state index in [9.17, 15) is 4.79 Å². The molecule has 0 spiro atoms. The fourth-order valence-electron chi connectivity index (χ4n) is 1.80. The largest absolute Gasteiger partial charge is 0.293 e. The van der Waals surface area contributed by atoms with E-state index in [-0.39, 0.29) is 16.7 Å². The molecule has 0 bridgehead atoms. The number of halogens is 2. The van der Waals surface area contributed by atoms with Gasteiger partial charge in [0, 0.05) is 11.5 Å². The second kappa shape index (κ2) is 4.38. The van der Waals surface area contributed by atoms with Gasteiger partial charge < -0.3 is 0 Å². The smallest absolute Gasteiger partial charge is 0.176 e. The van der Waals surface area contributed by atoms with E-state index in [1.54, 1.807) is 0 Å². The second-order valence-corrected chi connectivity index (χ2v) is 4.49. The maximum Gasteiger partial charge on any atom is 0.176 e. The van der Waals surface area contributed by atoms with Crippen molar-refractivity contribution in [2.24, 2.45) is 0 Å². The Bertz CT molecular complexity index is 409. The molecule has 78 valence electrons. The van der Waals surface area contributed by atoms with Crippen LogP contribution in [-0.4, -0.2) is 5.78 Å². The zero-order valence-electron chi connectivity index (χ0n) is 8.04. The van der Waals surface area contributed by atoms with Gasteiger partial charge in [0.25, 0.3) is 0 Å². The Morgan fingerprint density at radius 1 is 1.07 bits per heavy atom. The van der Waals surface area contributed by atoms with E-state index < -0.39 is 0 Å². The summed E-state index contributed by atoms with van der Waals surface area (Å²) in [5.41, 5.74) is 1.15.